The van der Waals surface area contributed by atoms with Gasteiger partial charge in [-0.05, 0) is 42.8 Å². The van der Waals surface area contributed by atoms with Gasteiger partial charge in [0, 0.05) is 23.5 Å². The average Bonchev–Trinajstić information content (AvgIpc) is 3.24. The van der Waals surface area contributed by atoms with Gasteiger partial charge in [0.05, 0.1) is 6.61 Å². The van der Waals surface area contributed by atoms with E-state index in [4.69, 9.17) is 9.15 Å². The van der Waals surface area contributed by atoms with Gasteiger partial charge in [0.2, 0.25) is 11.8 Å². The van der Waals surface area contributed by atoms with Crippen molar-refractivity contribution >= 4 is 0 Å². The maximum absolute atomic E-state index is 5.84. The second-order valence-corrected chi connectivity index (χ2v) is 7.00. The lowest BCUT2D eigenvalue weighted by molar-refractivity contribution is 0.304. The van der Waals surface area contributed by atoms with Crippen molar-refractivity contribution in [2.24, 2.45) is 0 Å². The Morgan fingerprint density at radius 1 is 0.714 bits per heavy atom. The Hall–Kier alpha value is -2.69. The largest absolute Gasteiger partial charge is 0.494 e. The van der Waals surface area contributed by atoms with Crippen molar-refractivity contribution in [3.63, 3.8) is 0 Å². The number of aromatic nitrogens is 3. The first-order valence-corrected chi connectivity index (χ1v) is 10.3. The van der Waals surface area contributed by atoms with E-state index >= 15 is 0 Å². The molecule has 1 aromatic carbocycles. The lowest BCUT2D eigenvalue weighted by Gasteiger charge is -2.06. The van der Waals surface area contributed by atoms with Crippen molar-refractivity contribution in [2.45, 2.75) is 58.3 Å². The van der Waals surface area contributed by atoms with Crippen molar-refractivity contribution < 1.29 is 9.15 Å². The molecule has 2 aromatic heterocycles. The first kappa shape index (κ1) is 20.1. The number of hydrogen-bond donors (Lipinski definition) is 0. The van der Waals surface area contributed by atoms with Gasteiger partial charge in [-0.25, -0.2) is 0 Å². The van der Waals surface area contributed by atoms with E-state index in [1.54, 1.807) is 12.4 Å². The average molecular weight is 380 g/mol. The van der Waals surface area contributed by atoms with Crippen LogP contribution in [-0.4, -0.2) is 21.8 Å². The zero-order chi connectivity index (χ0) is 19.4. The van der Waals surface area contributed by atoms with Crippen molar-refractivity contribution in [2.75, 3.05) is 6.61 Å². The molecule has 0 aliphatic heterocycles. The molecule has 0 amide bonds. The predicted octanol–water partition coefficient (Wildman–Crippen LogP) is 6.32. The third kappa shape index (κ3) is 6.19. The lowest BCUT2D eigenvalue weighted by atomic mass is 10.1. The molecule has 0 aliphatic rings. The fourth-order valence-corrected chi connectivity index (χ4v) is 3.07. The molecule has 0 aliphatic carbocycles. The Morgan fingerprint density at radius 2 is 1.29 bits per heavy atom. The van der Waals surface area contributed by atoms with E-state index in [9.17, 15) is 0 Å². The summed E-state index contributed by atoms with van der Waals surface area (Å²) in [7, 11) is 0. The normalized spacial score (nSPS) is 10.9. The molecule has 148 valence electrons. The number of pyridine rings is 1. The van der Waals surface area contributed by atoms with E-state index in [0.717, 1.165) is 29.9 Å². The highest BCUT2D eigenvalue weighted by Crippen LogP contribution is 2.25. The molecular formula is C23H29N3O2. The molecule has 2 heterocycles. The van der Waals surface area contributed by atoms with Crippen LogP contribution in [-0.2, 0) is 0 Å². The van der Waals surface area contributed by atoms with Gasteiger partial charge in [0.25, 0.3) is 0 Å². The van der Waals surface area contributed by atoms with E-state index in [-0.39, 0.29) is 0 Å². The molecule has 5 heteroatoms. The molecule has 3 aromatic rings. The number of ether oxygens (including phenoxy) is 1. The Balaban J connectivity index is 1.40. The number of benzene rings is 1. The van der Waals surface area contributed by atoms with Crippen LogP contribution >= 0.6 is 0 Å². The molecule has 0 saturated heterocycles. The zero-order valence-electron chi connectivity index (χ0n) is 16.6. The number of unbranched alkanes of at least 4 members (excludes halogenated alkanes) is 7. The number of rotatable bonds is 12. The highest BCUT2D eigenvalue weighted by molar-refractivity contribution is 5.58. The van der Waals surface area contributed by atoms with Gasteiger partial charge in [-0.15, -0.1) is 10.2 Å². The molecule has 0 spiro atoms. The van der Waals surface area contributed by atoms with Gasteiger partial charge in [-0.1, -0.05) is 51.9 Å². The van der Waals surface area contributed by atoms with Crippen molar-refractivity contribution in [1.82, 2.24) is 15.2 Å². The summed E-state index contributed by atoms with van der Waals surface area (Å²) in [6.07, 6.45) is 13.8. The van der Waals surface area contributed by atoms with Crippen LogP contribution in [0.4, 0.5) is 0 Å². The predicted molar refractivity (Wildman–Crippen MR) is 111 cm³/mol. The highest BCUT2D eigenvalue weighted by Gasteiger charge is 2.10. The van der Waals surface area contributed by atoms with Crippen LogP contribution in [0.25, 0.3) is 22.9 Å². The molecule has 3 rings (SSSR count). The van der Waals surface area contributed by atoms with Crippen LogP contribution in [0.1, 0.15) is 58.3 Å². The molecule has 0 unspecified atom stereocenters. The maximum Gasteiger partial charge on any atom is 0.248 e. The summed E-state index contributed by atoms with van der Waals surface area (Å²) in [4.78, 5) is 4.00. The third-order valence-corrected chi connectivity index (χ3v) is 4.72. The van der Waals surface area contributed by atoms with Crippen LogP contribution in [0.5, 0.6) is 5.75 Å². The molecule has 0 saturated carbocycles. The number of hydrogen-bond acceptors (Lipinski definition) is 5. The van der Waals surface area contributed by atoms with Gasteiger partial charge in [0.15, 0.2) is 0 Å². The third-order valence-electron chi connectivity index (χ3n) is 4.72. The fraction of sp³-hybridized carbons (Fsp3) is 0.435. The van der Waals surface area contributed by atoms with Crippen LogP contribution < -0.4 is 4.74 Å². The Labute approximate surface area is 167 Å². The monoisotopic (exact) mass is 379 g/mol. The molecule has 28 heavy (non-hydrogen) atoms. The van der Waals surface area contributed by atoms with Crippen molar-refractivity contribution in [1.29, 1.82) is 0 Å². The summed E-state index contributed by atoms with van der Waals surface area (Å²) in [5.74, 6) is 1.87. The van der Waals surface area contributed by atoms with E-state index in [1.165, 1.54) is 44.9 Å². The van der Waals surface area contributed by atoms with Crippen molar-refractivity contribution in [3.05, 3.63) is 48.8 Å². The van der Waals surface area contributed by atoms with Crippen LogP contribution in [0.2, 0.25) is 0 Å². The van der Waals surface area contributed by atoms with Gasteiger partial charge in [-0.2, -0.15) is 0 Å². The smallest absolute Gasteiger partial charge is 0.248 e. The minimum Gasteiger partial charge on any atom is -0.494 e. The fourth-order valence-electron chi connectivity index (χ4n) is 3.07. The summed E-state index contributed by atoms with van der Waals surface area (Å²) in [6, 6.07) is 11.5. The summed E-state index contributed by atoms with van der Waals surface area (Å²) in [5.41, 5.74) is 1.74. The quantitative estimate of drug-likeness (QED) is 0.345. The second kappa shape index (κ2) is 11.2. The first-order valence-electron chi connectivity index (χ1n) is 10.3. The van der Waals surface area contributed by atoms with Crippen LogP contribution in [0, 0.1) is 0 Å². The molecule has 0 atom stereocenters. The number of nitrogens with zero attached hydrogens (tertiary/aromatic N) is 3. The maximum atomic E-state index is 5.84. The standard InChI is InChI=1S/C23H29N3O2/c1-2-3-4-5-6-7-8-9-18-27-21-12-10-19(11-13-21)22-25-26-23(28-22)20-14-16-24-17-15-20/h10-17H,2-9,18H2,1H3. The summed E-state index contributed by atoms with van der Waals surface area (Å²) in [6.45, 7) is 3.02. The van der Waals surface area contributed by atoms with E-state index in [1.807, 2.05) is 36.4 Å². The SMILES string of the molecule is CCCCCCCCCCOc1ccc(-c2nnc(-c3ccncc3)o2)cc1. The summed E-state index contributed by atoms with van der Waals surface area (Å²) >= 11 is 0. The lowest BCUT2D eigenvalue weighted by Crippen LogP contribution is -1.97. The van der Waals surface area contributed by atoms with Gasteiger partial charge >= 0.3 is 0 Å². The van der Waals surface area contributed by atoms with Gasteiger partial charge in [0.1, 0.15) is 5.75 Å². The summed E-state index contributed by atoms with van der Waals surface area (Å²) < 4.78 is 11.6. The van der Waals surface area contributed by atoms with E-state index in [2.05, 4.69) is 22.1 Å². The zero-order valence-corrected chi connectivity index (χ0v) is 16.6. The topological polar surface area (TPSA) is 61.0 Å². The molecular weight excluding hydrogens is 350 g/mol. The van der Waals surface area contributed by atoms with E-state index in [0.29, 0.717) is 11.8 Å². The van der Waals surface area contributed by atoms with E-state index < -0.39 is 0 Å². The second-order valence-electron chi connectivity index (χ2n) is 7.00. The summed E-state index contributed by atoms with van der Waals surface area (Å²) in [5, 5.41) is 8.25. The molecule has 0 fully saturated rings. The van der Waals surface area contributed by atoms with Gasteiger partial charge < -0.3 is 9.15 Å². The molecule has 0 bridgehead atoms. The first-order chi connectivity index (χ1) is 13.9. The van der Waals surface area contributed by atoms with Gasteiger partial charge in [-0.3, -0.25) is 4.98 Å². The molecule has 0 radical (unpaired) electrons. The Morgan fingerprint density at radius 3 is 1.93 bits per heavy atom. The Kier molecular flexibility index (Phi) is 8.04. The van der Waals surface area contributed by atoms with Crippen LogP contribution in [0.3, 0.4) is 0 Å². The Bertz CT molecular complexity index is 800. The van der Waals surface area contributed by atoms with Crippen molar-refractivity contribution in [3.8, 4) is 28.7 Å². The molecule has 0 N–H and O–H groups in total. The van der Waals surface area contributed by atoms with Crippen LogP contribution in [0.15, 0.2) is 53.2 Å². The highest BCUT2D eigenvalue weighted by atomic mass is 16.5. The minimum atomic E-state index is 0.493. The molecule has 5 nitrogen and oxygen atoms in total. The minimum absolute atomic E-state index is 0.493.